The summed E-state index contributed by atoms with van der Waals surface area (Å²) in [5, 5.41) is 1.99. The third kappa shape index (κ3) is 4.20. The molecule has 1 aliphatic rings. The minimum absolute atomic E-state index is 0.0361. The van der Waals surface area contributed by atoms with Crippen LogP contribution in [0.5, 0.6) is 11.5 Å². The van der Waals surface area contributed by atoms with E-state index in [1.54, 1.807) is 59.6 Å². The molecule has 2 heterocycles. The van der Waals surface area contributed by atoms with Crippen LogP contribution in [0.1, 0.15) is 11.3 Å². The average Bonchev–Trinajstić information content (AvgIpc) is 3.36. The van der Waals surface area contributed by atoms with E-state index in [4.69, 9.17) is 9.47 Å². The smallest absolute Gasteiger partial charge is 0.228 e. The van der Waals surface area contributed by atoms with Crippen molar-refractivity contribution < 1.29 is 19.1 Å². The molecule has 0 saturated carbocycles. The van der Waals surface area contributed by atoms with Gasteiger partial charge in [0.15, 0.2) is 0 Å². The molecule has 1 aromatic heterocycles. The minimum Gasteiger partial charge on any atom is -0.497 e. The molecule has 1 saturated heterocycles. The topological polar surface area (TPSA) is 59.1 Å². The molecule has 1 atom stereocenters. The van der Waals surface area contributed by atoms with Gasteiger partial charge in [0.2, 0.25) is 11.8 Å². The third-order valence-corrected chi connectivity index (χ3v) is 5.60. The maximum absolute atomic E-state index is 13.1. The van der Waals surface area contributed by atoms with E-state index in [1.807, 2.05) is 17.5 Å². The Bertz CT molecular complexity index is 850. The van der Waals surface area contributed by atoms with E-state index in [2.05, 4.69) is 6.58 Å². The number of benzene rings is 1. The first-order chi connectivity index (χ1) is 13.6. The minimum atomic E-state index is -0.400. The molecule has 1 aromatic carbocycles. The fourth-order valence-corrected chi connectivity index (χ4v) is 4.07. The monoisotopic (exact) mass is 400 g/mol. The van der Waals surface area contributed by atoms with Crippen LogP contribution in [-0.2, 0) is 16.1 Å². The van der Waals surface area contributed by atoms with Crippen molar-refractivity contribution in [2.24, 2.45) is 5.92 Å². The summed E-state index contributed by atoms with van der Waals surface area (Å²) in [5.74, 6) is 0.669. The summed E-state index contributed by atoms with van der Waals surface area (Å²) < 4.78 is 10.7. The fraction of sp³-hybridized carbons (Fsp3) is 0.333. The van der Waals surface area contributed by atoms with Crippen molar-refractivity contribution in [1.82, 2.24) is 4.90 Å². The zero-order chi connectivity index (χ0) is 20.1. The van der Waals surface area contributed by atoms with Crippen LogP contribution in [0, 0.1) is 5.92 Å². The fourth-order valence-electron chi connectivity index (χ4n) is 3.35. The molecule has 1 aliphatic heterocycles. The van der Waals surface area contributed by atoms with E-state index in [0.29, 0.717) is 36.8 Å². The molecule has 2 aromatic rings. The van der Waals surface area contributed by atoms with Gasteiger partial charge in [-0.2, -0.15) is 0 Å². The highest BCUT2D eigenvalue weighted by atomic mass is 32.1. The Hall–Kier alpha value is -2.80. The number of anilines is 1. The Labute approximate surface area is 169 Å². The molecule has 3 rings (SSSR count). The van der Waals surface area contributed by atoms with E-state index in [0.717, 1.165) is 4.88 Å². The first-order valence-corrected chi connectivity index (χ1v) is 9.89. The van der Waals surface area contributed by atoms with Crippen molar-refractivity contribution >= 4 is 28.8 Å². The number of hydrogen-bond donors (Lipinski definition) is 0. The van der Waals surface area contributed by atoms with E-state index in [-0.39, 0.29) is 18.2 Å². The molecule has 28 heavy (non-hydrogen) atoms. The summed E-state index contributed by atoms with van der Waals surface area (Å²) in [6, 6.07) is 9.26. The number of hydrogen-bond acceptors (Lipinski definition) is 5. The second-order valence-corrected chi connectivity index (χ2v) is 7.56. The number of thiophene rings is 1. The molecule has 6 nitrogen and oxygen atoms in total. The number of carbonyl (C=O) groups excluding carboxylic acids is 2. The lowest BCUT2D eigenvalue weighted by molar-refractivity contribution is -0.135. The van der Waals surface area contributed by atoms with Crippen LogP contribution in [0.15, 0.2) is 48.4 Å². The molecule has 0 spiro atoms. The van der Waals surface area contributed by atoms with Crippen LogP contribution in [0.4, 0.5) is 5.69 Å². The number of carbonyl (C=O) groups is 2. The van der Waals surface area contributed by atoms with Gasteiger partial charge in [-0.1, -0.05) is 12.1 Å². The normalized spacial score (nSPS) is 16.1. The first-order valence-electron chi connectivity index (χ1n) is 9.01. The highest BCUT2D eigenvalue weighted by Gasteiger charge is 2.38. The Morgan fingerprint density at radius 3 is 2.82 bits per heavy atom. The molecule has 1 fully saturated rings. The highest BCUT2D eigenvalue weighted by molar-refractivity contribution is 7.09. The lowest BCUT2D eigenvalue weighted by Gasteiger charge is -2.24. The lowest BCUT2D eigenvalue weighted by atomic mass is 10.1. The van der Waals surface area contributed by atoms with Crippen LogP contribution < -0.4 is 14.4 Å². The van der Waals surface area contributed by atoms with Gasteiger partial charge in [-0.15, -0.1) is 17.9 Å². The van der Waals surface area contributed by atoms with Crippen molar-refractivity contribution in [2.45, 2.75) is 13.0 Å². The average molecular weight is 401 g/mol. The second kappa shape index (κ2) is 8.93. The molecule has 0 aliphatic carbocycles. The van der Waals surface area contributed by atoms with Crippen molar-refractivity contribution in [1.29, 1.82) is 0 Å². The summed E-state index contributed by atoms with van der Waals surface area (Å²) in [4.78, 5) is 30.3. The molecular formula is C21H24N2O4S. The molecule has 0 bridgehead atoms. The van der Waals surface area contributed by atoms with Gasteiger partial charge in [-0.25, -0.2) is 0 Å². The molecule has 0 N–H and O–H groups in total. The zero-order valence-electron chi connectivity index (χ0n) is 16.1. The lowest BCUT2D eigenvalue weighted by Crippen LogP contribution is -2.37. The van der Waals surface area contributed by atoms with Crippen LogP contribution >= 0.6 is 11.3 Å². The van der Waals surface area contributed by atoms with Gasteiger partial charge in [0.25, 0.3) is 0 Å². The van der Waals surface area contributed by atoms with Crippen molar-refractivity contribution in [3.63, 3.8) is 0 Å². The maximum atomic E-state index is 13.1. The predicted octanol–water partition coefficient (Wildman–Crippen LogP) is 3.33. The van der Waals surface area contributed by atoms with Crippen molar-refractivity contribution in [3.05, 3.63) is 53.2 Å². The van der Waals surface area contributed by atoms with Crippen LogP contribution in [-0.4, -0.2) is 44.0 Å². The SMILES string of the molecule is C=CCN(Cc1cccs1)C(=O)C1CC(=O)N(c2cc(OC)ccc2OC)C1. The Morgan fingerprint density at radius 2 is 2.18 bits per heavy atom. The molecule has 2 amide bonds. The second-order valence-electron chi connectivity index (χ2n) is 6.53. The Morgan fingerprint density at radius 1 is 1.36 bits per heavy atom. The Balaban J connectivity index is 1.79. The Kier molecular flexibility index (Phi) is 6.36. The highest BCUT2D eigenvalue weighted by Crippen LogP contribution is 2.36. The zero-order valence-corrected chi connectivity index (χ0v) is 16.9. The number of rotatable bonds is 8. The molecule has 148 valence electrons. The predicted molar refractivity (Wildman–Crippen MR) is 110 cm³/mol. The van der Waals surface area contributed by atoms with E-state index >= 15 is 0 Å². The van der Waals surface area contributed by atoms with Gasteiger partial charge >= 0.3 is 0 Å². The van der Waals surface area contributed by atoms with Gasteiger partial charge in [-0.3, -0.25) is 9.59 Å². The number of ether oxygens (including phenoxy) is 2. The number of nitrogens with zero attached hydrogens (tertiary/aromatic N) is 2. The van der Waals surface area contributed by atoms with E-state index in [1.165, 1.54) is 0 Å². The number of methoxy groups -OCH3 is 2. The van der Waals surface area contributed by atoms with Gasteiger partial charge in [0.05, 0.1) is 32.4 Å². The summed E-state index contributed by atoms with van der Waals surface area (Å²) in [5.41, 5.74) is 0.621. The summed E-state index contributed by atoms with van der Waals surface area (Å²) in [6.07, 6.45) is 1.89. The molecule has 1 unspecified atom stereocenters. The van der Waals surface area contributed by atoms with Crippen LogP contribution in [0.3, 0.4) is 0 Å². The largest absolute Gasteiger partial charge is 0.497 e. The summed E-state index contributed by atoms with van der Waals surface area (Å²) in [6.45, 7) is 5.05. The standard InChI is InChI=1S/C21H24N2O4S/c1-4-9-22(14-17-6-5-10-28-17)21(25)15-11-20(24)23(13-15)18-12-16(26-2)7-8-19(18)27-3/h4-8,10,12,15H,1,9,11,13-14H2,2-3H3. The molecule has 0 radical (unpaired) electrons. The van der Waals surface area contributed by atoms with E-state index in [9.17, 15) is 9.59 Å². The van der Waals surface area contributed by atoms with Crippen LogP contribution in [0.25, 0.3) is 0 Å². The van der Waals surface area contributed by atoms with E-state index < -0.39 is 5.92 Å². The summed E-state index contributed by atoms with van der Waals surface area (Å²) >= 11 is 1.61. The first kappa shape index (κ1) is 19.9. The van der Waals surface area contributed by atoms with Crippen LogP contribution in [0.2, 0.25) is 0 Å². The summed E-state index contributed by atoms with van der Waals surface area (Å²) in [7, 11) is 3.13. The van der Waals surface area contributed by atoms with Crippen molar-refractivity contribution in [2.75, 3.05) is 32.2 Å². The number of amides is 2. The quantitative estimate of drug-likeness (QED) is 0.638. The van der Waals surface area contributed by atoms with Gasteiger partial charge in [0, 0.05) is 30.5 Å². The molecule has 7 heteroatoms. The molecular weight excluding hydrogens is 376 g/mol. The third-order valence-electron chi connectivity index (χ3n) is 4.74. The van der Waals surface area contributed by atoms with Gasteiger partial charge in [0.1, 0.15) is 11.5 Å². The van der Waals surface area contributed by atoms with Crippen molar-refractivity contribution in [3.8, 4) is 11.5 Å². The van der Waals surface area contributed by atoms with Gasteiger partial charge < -0.3 is 19.3 Å². The van der Waals surface area contributed by atoms with Gasteiger partial charge in [-0.05, 0) is 23.6 Å². The maximum Gasteiger partial charge on any atom is 0.228 e.